The molecule has 10 heteroatoms. The highest BCUT2D eigenvalue weighted by Gasteiger charge is 2.51. The second-order valence-corrected chi connectivity index (χ2v) is 10.2. The number of carbonyl (C=O) groups is 3. The first-order valence-electron chi connectivity index (χ1n) is 12.7. The van der Waals surface area contributed by atoms with Crippen molar-refractivity contribution in [1.29, 1.82) is 0 Å². The van der Waals surface area contributed by atoms with Gasteiger partial charge in [-0.05, 0) is 43.4 Å². The van der Waals surface area contributed by atoms with Gasteiger partial charge in [-0.15, -0.1) is 0 Å². The Morgan fingerprint density at radius 3 is 2.45 bits per heavy atom. The van der Waals surface area contributed by atoms with Crippen molar-refractivity contribution in [2.24, 2.45) is 5.92 Å². The van der Waals surface area contributed by atoms with Crippen molar-refractivity contribution in [1.82, 2.24) is 15.5 Å². The fourth-order valence-electron chi connectivity index (χ4n) is 4.45. The quantitative estimate of drug-likeness (QED) is 0.376. The van der Waals surface area contributed by atoms with Crippen LogP contribution < -0.4 is 10.6 Å². The van der Waals surface area contributed by atoms with Crippen LogP contribution >= 0.6 is 0 Å². The molecule has 0 bridgehead atoms. The summed E-state index contributed by atoms with van der Waals surface area (Å²) in [5, 5.41) is 26.3. The minimum Gasteiger partial charge on any atom is -0.508 e. The highest BCUT2D eigenvalue weighted by atomic mass is 19.3. The largest absolute Gasteiger partial charge is 0.508 e. The van der Waals surface area contributed by atoms with Crippen molar-refractivity contribution in [2.45, 2.75) is 64.1 Å². The summed E-state index contributed by atoms with van der Waals surface area (Å²) in [5.41, 5.74) is 1.13. The molecule has 8 nitrogen and oxygen atoms in total. The van der Waals surface area contributed by atoms with Crippen LogP contribution in [0.3, 0.4) is 0 Å². The number of phenolic OH excluding ortho intramolecular Hbond substituents is 1. The molecule has 0 radical (unpaired) electrons. The van der Waals surface area contributed by atoms with Gasteiger partial charge in [0, 0.05) is 24.1 Å². The van der Waals surface area contributed by atoms with Crippen molar-refractivity contribution in [3.05, 3.63) is 65.2 Å². The van der Waals surface area contributed by atoms with Gasteiger partial charge in [-0.1, -0.05) is 50.2 Å². The standard InChI is InChI=1S/C28H35F2N3O5/c1-17(2)12-13-31-26(37)22-15-28(29,30)16-33(22)27(38)24(35)21(14-19-8-5-4-6-9-19)32-25(36)20-10-7-11-23(34)18(20)3/h4-11,17,21-22,24,34-35H,12-16H2,1-3H3,(H,31,37)(H,32,36)/t21-,22-,24-/m0/s1. The summed E-state index contributed by atoms with van der Waals surface area (Å²) >= 11 is 0. The van der Waals surface area contributed by atoms with E-state index in [1.165, 1.54) is 18.2 Å². The normalized spacial score (nSPS) is 18.2. The molecule has 0 saturated carbocycles. The number of carbonyl (C=O) groups excluding carboxylic acids is 3. The van der Waals surface area contributed by atoms with Gasteiger partial charge in [-0.2, -0.15) is 0 Å². The van der Waals surface area contributed by atoms with Crippen molar-refractivity contribution in [3.8, 4) is 5.75 Å². The zero-order valence-electron chi connectivity index (χ0n) is 21.8. The molecule has 3 amide bonds. The molecular weight excluding hydrogens is 496 g/mol. The van der Waals surface area contributed by atoms with E-state index in [4.69, 9.17) is 0 Å². The molecule has 1 heterocycles. The molecule has 4 N–H and O–H groups in total. The zero-order valence-corrected chi connectivity index (χ0v) is 21.8. The lowest BCUT2D eigenvalue weighted by molar-refractivity contribution is -0.147. The molecule has 0 spiro atoms. The Balaban J connectivity index is 1.84. The first kappa shape index (κ1) is 29.0. The number of nitrogens with one attached hydrogen (secondary N) is 2. The Hall–Kier alpha value is -3.53. The molecule has 3 atom stereocenters. The number of hydrogen-bond acceptors (Lipinski definition) is 5. The van der Waals surface area contributed by atoms with Crippen LogP contribution in [0.5, 0.6) is 5.75 Å². The lowest BCUT2D eigenvalue weighted by atomic mass is 9.98. The summed E-state index contributed by atoms with van der Waals surface area (Å²) in [6.07, 6.45) is -2.09. The van der Waals surface area contributed by atoms with Crippen LogP contribution in [0.2, 0.25) is 0 Å². The van der Waals surface area contributed by atoms with Gasteiger partial charge in [0.1, 0.15) is 11.8 Å². The lowest BCUT2D eigenvalue weighted by Gasteiger charge is -2.30. The van der Waals surface area contributed by atoms with Gasteiger partial charge >= 0.3 is 0 Å². The summed E-state index contributed by atoms with van der Waals surface area (Å²) in [6.45, 7) is 4.73. The van der Waals surface area contributed by atoms with Crippen LogP contribution in [0.25, 0.3) is 0 Å². The van der Waals surface area contributed by atoms with E-state index in [1.807, 2.05) is 13.8 Å². The number of rotatable bonds is 10. The average Bonchev–Trinajstić information content (AvgIpc) is 3.20. The van der Waals surface area contributed by atoms with E-state index in [1.54, 1.807) is 37.3 Å². The monoisotopic (exact) mass is 531 g/mol. The Bertz CT molecular complexity index is 1140. The van der Waals surface area contributed by atoms with Crippen molar-refractivity contribution < 1.29 is 33.4 Å². The second-order valence-electron chi connectivity index (χ2n) is 10.2. The number of aromatic hydroxyl groups is 1. The maximum atomic E-state index is 14.4. The minimum absolute atomic E-state index is 0.0207. The van der Waals surface area contributed by atoms with Crippen molar-refractivity contribution in [3.63, 3.8) is 0 Å². The average molecular weight is 532 g/mol. The van der Waals surface area contributed by atoms with Crippen LogP contribution in [0.4, 0.5) is 8.78 Å². The Morgan fingerprint density at radius 2 is 1.79 bits per heavy atom. The highest BCUT2D eigenvalue weighted by molar-refractivity contribution is 5.97. The van der Waals surface area contributed by atoms with E-state index < -0.39 is 54.8 Å². The van der Waals surface area contributed by atoms with Gasteiger partial charge < -0.3 is 25.7 Å². The maximum Gasteiger partial charge on any atom is 0.267 e. The molecular formula is C28H35F2N3O5. The first-order chi connectivity index (χ1) is 17.9. The molecule has 1 saturated heterocycles. The fraction of sp³-hybridized carbons (Fsp3) is 0.464. The van der Waals surface area contributed by atoms with E-state index in [9.17, 15) is 33.4 Å². The molecule has 38 heavy (non-hydrogen) atoms. The number of hydrogen-bond donors (Lipinski definition) is 4. The SMILES string of the molecule is Cc1c(O)cccc1C(=O)N[C@@H](Cc1ccccc1)[C@H](O)C(=O)N1CC(F)(F)C[C@H]1C(=O)NCCC(C)C. The number of amides is 3. The maximum absolute atomic E-state index is 14.4. The van der Waals surface area contributed by atoms with Crippen LogP contribution in [-0.2, 0) is 16.0 Å². The molecule has 0 unspecified atom stereocenters. The number of aliphatic hydroxyl groups is 1. The number of phenols is 1. The summed E-state index contributed by atoms with van der Waals surface area (Å²) in [7, 11) is 0. The Kier molecular flexibility index (Phi) is 9.43. The van der Waals surface area contributed by atoms with Gasteiger partial charge in [0.2, 0.25) is 5.91 Å². The first-order valence-corrected chi connectivity index (χ1v) is 12.7. The molecule has 0 aliphatic carbocycles. The number of alkyl halides is 2. The molecule has 1 fully saturated rings. The van der Waals surface area contributed by atoms with E-state index >= 15 is 0 Å². The van der Waals surface area contributed by atoms with E-state index in [0.717, 1.165) is 0 Å². The molecule has 0 aromatic heterocycles. The second kappa shape index (κ2) is 12.3. The molecule has 2 aromatic rings. The Labute approximate surface area is 221 Å². The summed E-state index contributed by atoms with van der Waals surface area (Å²) in [6, 6.07) is 10.5. The predicted octanol–water partition coefficient (Wildman–Crippen LogP) is 2.80. The van der Waals surface area contributed by atoms with Crippen molar-refractivity contribution in [2.75, 3.05) is 13.1 Å². The van der Waals surface area contributed by atoms with Crippen LogP contribution in [0.15, 0.2) is 48.5 Å². The number of aliphatic hydroxyl groups excluding tert-OH is 1. The smallest absolute Gasteiger partial charge is 0.267 e. The molecule has 3 rings (SSSR count). The molecule has 2 aromatic carbocycles. The van der Waals surface area contributed by atoms with Gasteiger partial charge in [-0.3, -0.25) is 14.4 Å². The zero-order chi connectivity index (χ0) is 28.0. The van der Waals surface area contributed by atoms with Crippen LogP contribution in [0.1, 0.15) is 48.2 Å². The lowest BCUT2D eigenvalue weighted by Crippen LogP contribution is -2.56. The van der Waals surface area contributed by atoms with E-state index in [2.05, 4.69) is 10.6 Å². The van der Waals surface area contributed by atoms with Gasteiger partial charge in [0.25, 0.3) is 17.7 Å². The summed E-state index contributed by atoms with van der Waals surface area (Å²) < 4.78 is 28.8. The Morgan fingerprint density at radius 1 is 1.11 bits per heavy atom. The fourth-order valence-corrected chi connectivity index (χ4v) is 4.45. The number of benzene rings is 2. The third-order valence-corrected chi connectivity index (χ3v) is 6.68. The number of likely N-dealkylation sites (tertiary alicyclic amines) is 1. The minimum atomic E-state index is -3.30. The number of halogens is 2. The van der Waals surface area contributed by atoms with E-state index in [0.29, 0.717) is 22.4 Å². The van der Waals surface area contributed by atoms with E-state index in [-0.39, 0.29) is 30.2 Å². The molecule has 1 aliphatic rings. The summed E-state index contributed by atoms with van der Waals surface area (Å²) in [5.74, 6) is -5.54. The molecule has 1 aliphatic heterocycles. The van der Waals surface area contributed by atoms with Crippen LogP contribution in [0, 0.1) is 12.8 Å². The van der Waals surface area contributed by atoms with Crippen molar-refractivity contribution >= 4 is 17.7 Å². The predicted molar refractivity (Wildman–Crippen MR) is 138 cm³/mol. The van der Waals surface area contributed by atoms with Crippen LogP contribution in [-0.4, -0.2) is 70.0 Å². The third kappa shape index (κ3) is 7.28. The topological polar surface area (TPSA) is 119 Å². The van der Waals surface area contributed by atoms with Gasteiger partial charge in [0.05, 0.1) is 12.6 Å². The highest BCUT2D eigenvalue weighted by Crippen LogP contribution is 2.33. The number of nitrogens with zero attached hydrogens (tertiary/aromatic N) is 1. The van der Waals surface area contributed by atoms with Gasteiger partial charge in [-0.25, -0.2) is 8.78 Å². The van der Waals surface area contributed by atoms with Gasteiger partial charge in [0.15, 0.2) is 6.10 Å². The molecule has 206 valence electrons. The third-order valence-electron chi connectivity index (χ3n) is 6.68. The summed E-state index contributed by atoms with van der Waals surface area (Å²) in [4.78, 5) is 39.9.